The molecule has 3 aromatic rings. The van der Waals surface area contributed by atoms with Crippen LogP contribution in [0, 0.1) is 0 Å². The summed E-state index contributed by atoms with van der Waals surface area (Å²) in [5, 5.41) is 11.8. The van der Waals surface area contributed by atoms with E-state index in [1.807, 2.05) is 42.5 Å². The van der Waals surface area contributed by atoms with Crippen molar-refractivity contribution in [2.24, 2.45) is 0 Å². The van der Waals surface area contributed by atoms with Crippen LogP contribution in [0.5, 0.6) is 11.5 Å². The Bertz CT molecular complexity index is 955. The summed E-state index contributed by atoms with van der Waals surface area (Å²) >= 11 is 0. The van der Waals surface area contributed by atoms with Gasteiger partial charge in [-0.15, -0.1) is 0 Å². The molecule has 0 spiro atoms. The van der Waals surface area contributed by atoms with Gasteiger partial charge in [-0.25, -0.2) is 4.79 Å². The first kappa shape index (κ1) is 19.9. The van der Waals surface area contributed by atoms with E-state index >= 15 is 0 Å². The molecule has 0 radical (unpaired) electrons. The van der Waals surface area contributed by atoms with Gasteiger partial charge in [0.05, 0.1) is 17.7 Å². The lowest BCUT2D eigenvalue weighted by Gasteiger charge is -2.13. The number of carbonyl (C=O) groups excluding carboxylic acids is 1. The summed E-state index contributed by atoms with van der Waals surface area (Å²) in [5.74, 6) is 0.00890. The molecular formula is C23H21NO5. The Kier molecular flexibility index (Phi) is 6.84. The zero-order valence-corrected chi connectivity index (χ0v) is 15.7. The Balaban J connectivity index is 1.50. The van der Waals surface area contributed by atoms with Gasteiger partial charge < -0.3 is 19.9 Å². The molecule has 29 heavy (non-hydrogen) atoms. The van der Waals surface area contributed by atoms with Crippen LogP contribution in [0.1, 0.15) is 15.9 Å². The van der Waals surface area contributed by atoms with Gasteiger partial charge >= 0.3 is 5.97 Å². The zero-order chi connectivity index (χ0) is 20.5. The number of hydrogen-bond acceptors (Lipinski definition) is 4. The Morgan fingerprint density at radius 2 is 1.45 bits per heavy atom. The van der Waals surface area contributed by atoms with Gasteiger partial charge in [-0.1, -0.05) is 42.5 Å². The maximum Gasteiger partial charge on any atom is 0.335 e. The lowest BCUT2D eigenvalue weighted by molar-refractivity contribution is -0.115. The number of carbonyl (C=O) groups is 2. The van der Waals surface area contributed by atoms with E-state index in [0.717, 1.165) is 5.56 Å². The number of aromatic carboxylic acids is 1. The average Bonchev–Trinajstić information content (AvgIpc) is 2.73. The van der Waals surface area contributed by atoms with Gasteiger partial charge in [-0.2, -0.15) is 0 Å². The molecule has 0 aliphatic carbocycles. The Morgan fingerprint density at radius 1 is 0.793 bits per heavy atom. The van der Waals surface area contributed by atoms with Crippen LogP contribution in [0.3, 0.4) is 0 Å². The van der Waals surface area contributed by atoms with E-state index in [2.05, 4.69) is 5.32 Å². The van der Waals surface area contributed by atoms with Crippen LogP contribution in [0.4, 0.5) is 5.69 Å². The maximum absolute atomic E-state index is 12.3. The summed E-state index contributed by atoms with van der Waals surface area (Å²) in [5.41, 5.74) is 1.73. The molecule has 0 saturated carbocycles. The Labute approximate surface area is 168 Å². The van der Waals surface area contributed by atoms with Gasteiger partial charge in [0.25, 0.3) is 0 Å². The summed E-state index contributed by atoms with van der Waals surface area (Å²) in [6, 6.07) is 22.9. The van der Waals surface area contributed by atoms with E-state index in [-0.39, 0.29) is 31.1 Å². The quantitative estimate of drug-likeness (QED) is 0.538. The number of amides is 1. The second-order valence-electron chi connectivity index (χ2n) is 6.23. The van der Waals surface area contributed by atoms with Crippen LogP contribution in [-0.2, 0) is 11.2 Å². The number of carboxylic acids is 1. The van der Waals surface area contributed by atoms with Crippen molar-refractivity contribution in [3.63, 3.8) is 0 Å². The third-order valence-corrected chi connectivity index (χ3v) is 4.08. The molecule has 2 N–H and O–H groups in total. The van der Waals surface area contributed by atoms with Crippen molar-refractivity contribution < 1.29 is 24.2 Å². The highest BCUT2D eigenvalue weighted by atomic mass is 16.5. The summed E-state index contributed by atoms with van der Waals surface area (Å²) < 4.78 is 11.3. The molecule has 0 aliphatic rings. The standard InChI is InChI=1S/C23H21NO5/c25-22(16-17-6-2-1-3-7-17)24-20-8-4-5-9-21(20)29-15-14-28-19-12-10-18(11-13-19)23(26)27/h1-13H,14-16H2,(H,24,25)(H,26,27). The van der Waals surface area contributed by atoms with E-state index in [1.54, 1.807) is 24.3 Å². The first-order valence-corrected chi connectivity index (χ1v) is 9.13. The molecule has 0 atom stereocenters. The number of benzene rings is 3. The van der Waals surface area contributed by atoms with E-state index in [4.69, 9.17) is 14.6 Å². The van der Waals surface area contributed by atoms with Crippen molar-refractivity contribution in [2.45, 2.75) is 6.42 Å². The lowest BCUT2D eigenvalue weighted by Crippen LogP contribution is -2.16. The molecule has 0 heterocycles. The first-order valence-electron chi connectivity index (χ1n) is 9.13. The number of nitrogens with one attached hydrogen (secondary N) is 1. The molecule has 0 fully saturated rings. The van der Waals surface area contributed by atoms with Crippen molar-refractivity contribution in [2.75, 3.05) is 18.5 Å². The molecule has 0 saturated heterocycles. The molecule has 3 rings (SSSR count). The molecule has 0 bridgehead atoms. The summed E-state index contributed by atoms with van der Waals surface area (Å²) in [4.78, 5) is 23.1. The topological polar surface area (TPSA) is 84.9 Å². The summed E-state index contributed by atoms with van der Waals surface area (Å²) in [7, 11) is 0. The van der Waals surface area contributed by atoms with Crippen LogP contribution < -0.4 is 14.8 Å². The predicted molar refractivity (Wildman–Crippen MR) is 110 cm³/mol. The number of anilines is 1. The van der Waals surface area contributed by atoms with Crippen molar-refractivity contribution in [3.05, 3.63) is 90.0 Å². The van der Waals surface area contributed by atoms with Gasteiger partial charge in [0.1, 0.15) is 24.7 Å². The fourth-order valence-electron chi connectivity index (χ4n) is 2.68. The van der Waals surface area contributed by atoms with Crippen molar-refractivity contribution >= 4 is 17.6 Å². The van der Waals surface area contributed by atoms with Gasteiger partial charge in [0, 0.05) is 0 Å². The molecule has 0 unspecified atom stereocenters. The fraction of sp³-hybridized carbons (Fsp3) is 0.130. The monoisotopic (exact) mass is 391 g/mol. The molecule has 0 aliphatic heterocycles. The van der Waals surface area contributed by atoms with Gasteiger partial charge in [-0.05, 0) is 42.0 Å². The first-order chi connectivity index (χ1) is 14.1. The Morgan fingerprint density at radius 3 is 2.17 bits per heavy atom. The van der Waals surface area contributed by atoms with Crippen molar-refractivity contribution in [1.29, 1.82) is 0 Å². The lowest BCUT2D eigenvalue weighted by atomic mass is 10.1. The van der Waals surface area contributed by atoms with Crippen molar-refractivity contribution in [1.82, 2.24) is 0 Å². The number of rotatable bonds is 9. The second kappa shape index (κ2) is 9.94. The van der Waals surface area contributed by atoms with E-state index < -0.39 is 5.97 Å². The maximum atomic E-state index is 12.3. The number of hydrogen-bond donors (Lipinski definition) is 2. The molecule has 6 nitrogen and oxygen atoms in total. The summed E-state index contributed by atoms with van der Waals surface area (Å²) in [6.07, 6.45) is 0.282. The minimum absolute atomic E-state index is 0.123. The van der Waals surface area contributed by atoms with Crippen LogP contribution in [-0.4, -0.2) is 30.2 Å². The minimum Gasteiger partial charge on any atom is -0.490 e. The number of ether oxygens (including phenoxy) is 2. The third-order valence-electron chi connectivity index (χ3n) is 4.08. The molecule has 1 amide bonds. The average molecular weight is 391 g/mol. The molecule has 148 valence electrons. The third kappa shape index (κ3) is 6.10. The van der Waals surface area contributed by atoms with E-state index in [1.165, 1.54) is 12.1 Å². The highest BCUT2D eigenvalue weighted by Gasteiger charge is 2.09. The highest BCUT2D eigenvalue weighted by Crippen LogP contribution is 2.24. The van der Waals surface area contributed by atoms with Crippen LogP contribution in [0.2, 0.25) is 0 Å². The van der Waals surface area contributed by atoms with Crippen molar-refractivity contribution in [3.8, 4) is 11.5 Å². The van der Waals surface area contributed by atoms with E-state index in [0.29, 0.717) is 17.2 Å². The normalized spacial score (nSPS) is 10.2. The fourth-order valence-corrected chi connectivity index (χ4v) is 2.68. The van der Waals surface area contributed by atoms with Crippen LogP contribution in [0.15, 0.2) is 78.9 Å². The largest absolute Gasteiger partial charge is 0.490 e. The zero-order valence-electron chi connectivity index (χ0n) is 15.7. The number of carboxylic acid groups (broad SMARTS) is 1. The molecule has 6 heteroatoms. The molecular weight excluding hydrogens is 370 g/mol. The Hall–Kier alpha value is -3.80. The van der Waals surface area contributed by atoms with Crippen LogP contribution >= 0.6 is 0 Å². The van der Waals surface area contributed by atoms with Gasteiger partial charge in [0.2, 0.25) is 5.91 Å². The number of para-hydroxylation sites is 2. The van der Waals surface area contributed by atoms with Gasteiger partial charge in [0.15, 0.2) is 0 Å². The minimum atomic E-state index is -0.981. The van der Waals surface area contributed by atoms with Gasteiger partial charge in [-0.3, -0.25) is 4.79 Å². The molecule has 3 aromatic carbocycles. The highest BCUT2D eigenvalue weighted by molar-refractivity contribution is 5.93. The predicted octanol–water partition coefficient (Wildman–Crippen LogP) is 4.02. The smallest absolute Gasteiger partial charge is 0.335 e. The summed E-state index contributed by atoms with van der Waals surface area (Å²) in [6.45, 7) is 0.547. The SMILES string of the molecule is O=C(Cc1ccccc1)Nc1ccccc1OCCOc1ccc(C(=O)O)cc1. The molecule has 0 aromatic heterocycles. The van der Waals surface area contributed by atoms with Crippen LogP contribution in [0.25, 0.3) is 0 Å². The second-order valence-corrected chi connectivity index (χ2v) is 6.23. The van der Waals surface area contributed by atoms with E-state index in [9.17, 15) is 9.59 Å².